The van der Waals surface area contributed by atoms with E-state index >= 15 is 0 Å². The first-order valence-electron chi connectivity index (χ1n) is 6.90. The summed E-state index contributed by atoms with van der Waals surface area (Å²) < 4.78 is 29.2. The number of carbonyl (C=O) groups is 1. The monoisotopic (exact) mass is 369 g/mol. The number of hydrogen-bond donors (Lipinski definition) is 1. The first-order chi connectivity index (χ1) is 11.4. The van der Waals surface area contributed by atoms with E-state index in [0.29, 0.717) is 5.65 Å². The summed E-state index contributed by atoms with van der Waals surface area (Å²) in [6, 6.07) is 6.55. The summed E-state index contributed by atoms with van der Waals surface area (Å²) in [4.78, 5) is 14.9. The van der Waals surface area contributed by atoms with E-state index in [9.17, 15) is 13.6 Å². The smallest absolute Gasteiger partial charge is 0.258 e. The van der Waals surface area contributed by atoms with Crippen LogP contribution in [0, 0.1) is 18.6 Å². The van der Waals surface area contributed by atoms with Gasteiger partial charge in [-0.2, -0.15) is 0 Å². The summed E-state index contributed by atoms with van der Waals surface area (Å²) in [6.45, 7) is 1.86. The van der Waals surface area contributed by atoms with Crippen LogP contribution in [-0.2, 0) is 4.79 Å². The van der Waals surface area contributed by atoms with Crippen LogP contribution in [-0.4, -0.2) is 20.1 Å². The lowest BCUT2D eigenvalue weighted by molar-refractivity contribution is -0.114. The number of halogens is 4. The van der Waals surface area contributed by atoms with Gasteiger partial charge in [0, 0.05) is 11.8 Å². The van der Waals surface area contributed by atoms with Crippen LogP contribution in [0.3, 0.4) is 0 Å². The lowest BCUT2D eigenvalue weighted by atomic mass is 10.1. The second kappa shape index (κ2) is 6.37. The van der Waals surface area contributed by atoms with Gasteiger partial charge in [-0.05, 0) is 42.8 Å². The zero-order chi connectivity index (χ0) is 17.4. The number of alkyl halides is 2. The van der Waals surface area contributed by atoms with Crippen molar-refractivity contribution in [3.05, 3.63) is 53.7 Å². The Morgan fingerprint density at radius 2 is 2.00 bits per heavy atom. The Bertz CT molecular complexity index is 940. The number of aryl methyl sites for hydroxylation is 1. The van der Waals surface area contributed by atoms with Crippen molar-refractivity contribution in [3.8, 4) is 11.3 Å². The molecule has 8 heteroatoms. The number of pyridine rings is 1. The molecule has 124 valence electrons. The van der Waals surface area contributed by atoms with E-state index < -0.39 is 22.4 Å². The van der Waals surface area contributed by atoms with Crippen LogP contribution in [0.25, 0.3) is 16.9 Å². The van der Waals surface area contributed by atoms with Gasteiger partial charge in [0.1, 0.15) is 28.8 Å². The first-order valence-corrected chi connectivity index (χ1v) is 7.77. The van der Waals surface area contributed by atoms with E-state index in [4.69, 9.17) is 23.2 Å². The van der Waals surface area contributed by atoms with Gasteiger partial charge in [0.2, 0.25) is 0 Å². The zero-order valence-electron chi connectivity index (χ0n) is 12.4. The third kappa shape index (κ3) is 3.07. The van der Waals surface area contributed by atoms with Gasteiger partial charge >= 0.3 is 0 Å². The van der Waals surface area contributed by atoms with Crippen molar-refractivity contribution in [1.29, 1.82) is 0 Å². The third-order valence-electron chi connectivity index (χ3n) is 3.40. The molecule has 0 bridgehead atoms. The molecule has 1 N–H and O–H groups in total. The molecule has 3 aromatic rings. The molecule has 2 heterocycles. The molecule has 0 unspecified atom stereocenters. The molecule has 0 saturated heterocycles. The van der Waals surface area contributed by atoms with Crippen LogP contribution in [0.4, 0.5) is 14.6 Å². The number of hydrogen-bond acceptors (Lipinski definition) is 2. The number of nitrogens with one attached hydrogen (secondary N) is 1. The van der Waals surface area contributed by atoms with Crippen LogP contribution < -0.4 is 5.32 Å². The Morgan fingerprint density at radius 1 is 1.25 bits per heavy atom. The van der Waals surface area contributed by atoms with Crippen molar-refractivity contribution in [3.63, 3.8) is 0 Å². The van der Waals surface area contributed by atoms with Gasteiger partial charge < -0.3 is 5.32 Å². The highest BCUT2D eigenvalue weighted by molar-refractivity contribution is 6.54. The highest BCUT2D eigenvalue weighted by atomic mass is 35.5. The van der Waals surface area contributed by atoms with Crippen molar-refractivity contribution < 1.29 is 13.6 Å². The summed E-state index contributed by atoms with van der Waals surface area (Å²) in [7, 11) is 0. The Balaban J connectivity index is 2.25. The van der Waals surface area contributed by atoms with Crippen molar-refractivity contribution in [2.24, 2.45) is 0 Å². The number of anilines is 1. The van der Waals surface area contributed by atoms with Crippen molar-refractivity contribution in [2.45, 2.75) is 11.8 Å². The second-order valence-electron chi connectivity index (χ2n) is 5.16. The second-order valence-corrected chi connectivity index (χ2v) is 6.25. The molecular formula is C16H11Cl2F2N3O. The summed E-state index contributed by atoms with van der Waals surface area (Å²) in [6.07, 6.45) is 1.66. The Labute approximate surface area is 146 Å². The highest BCUT2D eigenvalue weighted by Crippen LogP contribution is 2.31. The minimum Gasteiger partial charge on any atom is -0.308 e. The number of carbonyl (C=O) groups excluding carboxylic acids is 1. The van der Waals surface area contributed by atoms with E-state index in [2.05, 4.69) is 10.3 Å². The molecule has 0 aliphatic rings. The number of aromatic nitrogens is 2. The SMILES string of the molecule is Cc1ccn2c(NC(=O)C(Cl)Cl)c(-c3cc(F)ccc3F)nc2c1. The molecule has 0 atom stereocenters. The molecule has 3 rings (SSSR count). The number of nitrogens with zero attached hydrogens (tertiary/aromatic N) is 2. The first kappa shape index (κ1) is 16.7. The molecule has 1 amide bonds. The largest absolute Gasteiger partial charge is 0.308 e. The van der Waals surface area contributed by atoms with Gasteiger partial charge in [0.25, 0.3) is 5.91 Å². The summed E-state index contributed by atoms with van der Waals surface area (Å²) >= 11 is 11.1. The number of rotatable bonds is 3. The fourth-order valence-corrected chi connectivity index (χ4v) is 2.41. The molecule has 0 spiro atoms. The maximum atomic E-state index is 14.2. The predicted octanol–water partition coefficient (Wildman–Crippen LogP) is 4.33. The van der Waals surface area contributed by atoms with E-state index in [1.165, 1.54) is 0 Å². The molecule has 0 radical (unpaired) electrons. The molecule has 1 aromatic carbocycles. The van der Waals surface area contributed by atoms with Gasteiger partial charge in [0.15, 0.2) is 4.84 Å². The van der Waals surface area contributed by atoms with Crippen molar-refractivity contribution in [2.75, 3.05) is 5.32 Å². The molecule has 4 nitrogen and oxygen atoms in total. The van der Waals surface area contributed by atoms with Gasteiger partial charge in [-0.25, -0.2) is 13.8 Å². The maximum absolute atomic E-state index is 14.2. The van der Waals surface area contributed by atoms with Crippen molar-refractivity contribution >= 4 is 40.6 Å². The normalized spacial score (nSPS) is 11.2. The van der Waals surface area contributed by atoms with E-state index in [1.54, 1.807) is 22.7 Å². The zero-order valence-corrected chi connectivity index (χ0v) is 13.9. The van der Waals surface area contributed by atoms with Crippen molar-refractivity contribution in [1.82, 2.24) is 9.38 Å². The minimum atomic E-state index is -1.31. The predicted molar refractivity (Wildman–Crippen MR) is 89.4 cm³/mol. The minimum absolute atomic E-state index is 0.0765. The van der Waals surface area contributed by atoms with E-state index in [-0.39, 0.29) is 17.1 Å². The van der Waals surface area contributed by atoms with Crippen LogP contribution in [0.1, 0.15) is 5.56 Å². The molecule has 0 aliphatic carbocycles. The summed E-state index contributed by atoms with van der Waals surface area (Å²) in [5, 5.41) is 2.51. The third-order valence-corrected chi connectivity index (χ3v) is 3.80. The average molecular weight is 370 g/mol. The van der Waals surface area contributed by atoms with E-state index in [1.807, 2.05) is 6.92 Å². The highest BCUT2D eigenvalue weighted by Gasteiger charge is 2.21. The molecule has 0 saturated carbocycles. The molecule has 2 aromatic heterocycles. The Hall–Kier alpha value is -2.18. The Kier molecular flexibility index (Phi) is 4.43. The number of benzene rings is 1. The fourth-order valence-electron chi connectivity index (χ4n) is 2.30. The van der Waals surface area contributed by atoms with Crippen LogP contribution in [0.2, 0.25) is 0 Å². The number of fused-ring (bicyclic) bond motifs is 1. The molecule has 0 fully saturated rings. The lowest BCUT2D eigenvalue weighted by Gasteiger charge is -2.09. The molecule has 0 aliphatic heterocycles. The lowest BCUT2D eigenvalue weighted by Crippen LogP contribution is -2.20. The van der Waals surface area contributed by atoms with Gasteiger partial charge in [0.05, 0.1) is 0 Å². The number of imidazole rings is 1. The van der Waals surface area contributed by atoms with E-state index in [0.717, 1.165) is 23.8 Å². The Morgan fingerprint density at radius 3 is 2.71 bits per heavy atom. The quantitative estimate of drug-likeness (QED) is 0.698. The van der Waals surface area contributed by atoms with Crippen LogP contribution in [0.5, 0.6) is 0 Å². The topological polar surface area (TPSA) is 46.4 Å². The van der Waals surface area contributed by atoms with Crippen LogP contribution in [0.15, 0.2) is 36.5 Å². The molecule has 24 heavy (non-hydrogen) atoms. The average Bonchev–Trinajstić information content (AvgIpc) is 2.87. The van der Waals surface area contributed by atoms with Crippen LogP contribution >= 0.6 is 23.2 Å². The molecular weight excluding hydrogens is 359 g/mol. The van der Waals surface area contributed by atoms with Gasteiger partial charge in [-0.15, -0.1) is 0 Å². The summed E-state index contributed by atoms with van der Waals surface area (Å²) in [5.74, 6) is -1.82. The summed E-state index contributed by atoms with van der Waals surface area (Å²) in [5.41, 5.74) is 1.39. The van der Waals surface area contributed by atoms with Gasteiger partial charge in [-0.3, -0.25) is 9.20 Å². The number of amides is 1. The van der Waals surface area contributed by atoms with Gasteiger partial charge in [-0.1, -0.05) is 23.2 Å². The maximum Gasteiger partial charge on any atom is 0.258 e. The standard InChI is InChI=1S/C16H11Cl2F2N3O/c1-8-4-5-23-12(6-8)21-13(15(23)22-16(24)14(17)18)10-7-9(19)2-3-11(10)20/h2-7,14H,1H3,(H,22,24). The fraction of sp³-hybridized carbons (Fsp3) is 0.125.